The van der Waals surface area contributed by atoms with Crippen LogP contribution in [0.4, 0.5) is 74.6 Å². The molecule has 0 aliphatic heterocycles. The molecule has 0 aromatic rings. The summed E-state index contributed by atoms with van der Waals surface area (Å²) in [4.78, 5) is 20.9. The number of carbonyl (C=O) groups is 2. The quantitative estimate of drug-likeness (QED) is 0.155. The monoisotopic (exact) mass is 604 g/mol. The topological polar surface area (TPSA) is 63.6 Å². The molecule has 0 aromatic carbocycles. The van der Waals surface area contributed by atoms with E-state index in [0.29, 0.717) is 0 Å². The summed E-state index contributed by atoms with van der Waals surface area (Å²) in [5.41, 5.74) is -4.98. The maximum absolute atomic E-state index is 14.1. The third-order valence-electron chi connectivity index (χ3n) is 5.02. The number of aliphatic carboxylic acids is 1. The van der Waals surface area contributed by atoms with Gasteiger partial charge in [-0.3, -0.25) is 0 Å². The highest BCUT2D eigenvalue weighted by atomic mass is 19.4. The second kappa shape index (κ2) is 9.60. The first-order chi connectivity index (χ1) is 16.3. The number of carboxylic acids is 1. The van der Waals surface area contributed by atoms with Crippen LogP contribution in [0.3, 0.4) is 0 Å². The zero-order valence-corrected chi connectivity index (χ0v) is 18.3. The first kappa shape index (κ1) is 35.5. The minimum absolute atomic E-state index is 0.263. The molecule has 0 saturated carbocycles. The van der Waals surface area contributed by atoms with Gasteiger partial charge in [-0.1, -0.05) is 13.8 Å². The van der Waals surface area contributed by atoms with Crippen molar-refractivity contribution in [3.63, 3.8) is 0 Å². The van der Waals surface area contributed by atoms with Crippen LogP contribution in [0.1, 0.15) is 20.8 Å². The summed E-state index contributed by atoms with van der Waals surface area (Å²) in [6, 6.07) is 0. The van der Waals surface area contributed by atoms with Crippen LogP contribution in [0.5, 0.6) is 0 Å². The third-order valence-corrected chi connectivity index (χ3v) is 5.02. The van der Waals surface area contributed by atoms with Crippen molar-refractivity contribution < 1.29 is 94.1 Å². The SMILES string of the molecule is CC(C)C(C)(F)C(F)(F)C(F)(F)C(F)(F)C(F)(F)C(F)(F)C(F)(F)C(F)(F)C(F)(F)OC(=O)/C=C/C(=O)O. The second-order valence-electron chi connectivity index (χ2n) is 7.86. The number of esters is 1. The van der Waals surface area contributed by atoms with E-state index in [0.717, 1.165) is 0 Å². The van der Waals surface area contributed by atoms with Crippen molar-refractivity contribution in [3.05, 3.63) is 12.2 Å². The summed E-state index contributed by atoms with van der Waals surface area (Å²) in [6.45, 7) is -0.0916. The number of rotatable bonds is 12. The molecule has 0 aliphatic rings. The molecule has 21 heteroatoms. The van der Waals surface area contributed by atoms with Gasteiger partial charge in [0.2, 0.25) is 0 Å². The highest BCUT2D eigenvalue weighted by Crippen LogP contribution is 2.65. The molecule has 0 radical (unpaired) electrons. The molecule has 0 spiro atoms. The molecule has 38 heavy (non-hydrogen) atoms. The van der Waals surface area contributed by atoms with Crippen LogP contribution in [0.25, 0.3) is 0 Å². The van der Waals surface area contributed by atoms with Crippen LogP contribution in [0, 0.1) is 5.92 Å². The normalized spacial score (nSPS) is 17.1. The second-order valence-corrected chi connectivity index (χ2v) is 7.86. The standard InChI is InChI=1S/C17H13F17O4/c1-6(2)9(3,18)10(19,20)11(21,22)12(23,24)13(25,26)14(27,28)15(29,30)16(31,32)17(33,34)38-8(37)5-4-7(35)36/h4-6H,1-3H3,(H,35,36)/b5-4+. The lowest BCUT2D eigenvalue weighted by Crippen LogP contribution is -2.76. The number of alkyl halides is 17. The summed E-state index contributed by atoms with van der Waals surface area (Å²) in [7, 11) is 0. The van der Waals surface area contributed by atoms with Crippen molar-refractivity contribution >= 4 is 11.9 Å². The summed E-state index contributed by atoms with van der Waals surface area (Å²) in [5.74, 6) is -65.9. The molecule has 0 aromatic heterocycles. The number of hydrogen-bond donors (Lipinski definition) is 1. The lowest BCUT2D eigenvalue weighted by molar-refractivity contribution is -0.471. The first-order valence-corrected chi connectivity index (χ1v) is 9.11. The number of carbonyl (C=O) groups excluding carboxylic acids is 1. The fraction of sp³-hybridized carbons (Fsp3) is 0.765. The first-order valence-electron chi connectivity index (χ1n) is 9.11. The third kappa shape index (κ3) is 4.84. The zero-order valence-electron chi connectivity index (χ0n) is 18.3. The van der Waals surface area contributed by atoms with Crippen molar-refractivity contribution in [1.29, 1.82) is 0 Å². The van der Waals surface area contributed by atoms with Crippen molar-refractivity contribution in [2.45, 2.75) is 74.0 Å². The van der Waals surface area contributed by atoms with Gasteiger partial charge in [-0.15, -0.1) is 0 Å². The highest BCUT2D eigenvalue weighted by Gasteiger charge is 2.96. The van der Waals surface area contributed by atoms with E-state index in [1.54, 1.807) is 0 Å². The van der Waals surface area contributed by atoms with E-state index in [-0.39, 0.29) is 13.8 Å². The van der Waals surface area contributed by atoms with Gasteiger partial charge in [-0.25, -0.2) is 14.0 Å². The molecule has 1 atom stereocenters. The Morgan fingerprint density at radius 3 is 1.16 bits per heavy atom. The molecule has 4 nitrogen and oxygen atoms in total. The molecule has 0 saturated heterocycles. The van der Waals surface area contributed by atoms with Crippen LogP contribution in [-0.2, 0) is 14.3 Å². The van der Waals surface area contributed by atoms with Gasteiger partial charge in [0, 0.05) is 12.2 Å². The van der Waals surface area contributed by atoms with Crippen molar-refractivity contribution in [3.8, 4) is 0 Å². The molecule has 0 amide bonds. The Kier molecular flexibility index (Phi) is 8.96. The molecular weight excluding hydrogens is 591 g/mol. The molecule has 0 bridgehead atoms. The summed E-state index contributed by atoms with van der Waals surface area (Å²) in [5, 5.41) is 8.08. The van der Waals surface area contributed by atoms with E-state index in [2.05, 4.69) is 4.74 Å². The predicted molar refractivity (Wildman–Crippen MR) is 86.8 cm³/mol. The smallest absolute Gasteiger partial charge is 0.473 e. The zero-order chi connectivity index (χ0) is 31.4. The van der Waals surface area contributed by atoms with E-state index in [4.69, 9.17) is 5.11 Å². The lowest BCUT2D eigenvalue weighted by Gasteiger charge is -2.45. The van der Waals surface area contributed by atoms with Gasteiger partial charge in [-0.05, 0) is 12.8 Å². The van der Waals surface area contributed by atoms with Crippen LogP contribution >= 0.6 is 0 Å². The summed E-state index contributed by atoms with van der Waals surface area (Å²) >= 11 is 0. The number of ether oxygens (including phenoxy) is 1. The van der Waals surface area contributed by atoms with Crippen molar-refractivity contribution in [2.75, 3.05) is 0 Å². The minimum Gasteiger partial charge on any atom is -0.478 e. The Bertz CT molecular complexity index is 937. The average Bonchev–Trinajstić information content (AvgIpc) is 2.70. The fourth-order valence-corrected chi connectivity index (χ4v) is 2.20. The van der Waals surface area contributed by atoms with E-state index in [9.17, 15) is 84.2 Å². The summed E-state index contributed by atoms with van der Waals surface area (Å²) in [6.07, 6.45) is -8.63. The van der Waals surface area contributed by atoms with Crippen molar-refractivity contribution in [2.24, 2.45) is 5.92 Å². The molecule has 224 valence electrons. The maximum Gasteiger partial charge on any atom is 0.473 e. The van der Waals surface area contributed by atoms with Gasteiger partial charge >= 0.3 is 59.5 Å². The van der Waals surface area contributed by atoms with Gasteiger partial charge in [-0.2, -0.15) is 70.2 Å². The van der Waals surface area contributed by atoms with Gasteiger partial charge in [0.25, 0.3) is 0 Å². The minimum atomic E-state index is -8.80. The van der Waals surface area contributed by atoms with Gasteiger partial charge in [0.1, 0.15) is 0 Å². The molecule has 0 fully saturated rings. The Morgan fingerprint density at radius 2 is 0.868 bits per heavy atom. The molecule has 1 unspecified atom stereocenters. The number of carboxylic acid groups (broad SMARTS) is 1. The predicted octanol–water partition coefficient (Wildman–Crippen LogP) is 6.59. The molecule has 0 aliphatic carbocycles. The Balaban J connectivity index is 6.89. The Hall–Kier alpha value is -2.51. The van der Waals surface area contributed by atoms with Crippen LogP contribution in [0.15, 0.2) is 12.2 Å². The van der Waals surface area contributed by atoms with E-state index < -0.39 is 90.2 Å². The summed E-state index contributed by atoms with van der Waals surface area (Å²) < 4.78 is 236. The van der Waals surface area contributed by atoms with Gasteiger partial charge < -0.3 is 9.84 Å². The number of halogens is 17. The van der Waals surface area contributed by atoms with E-state index in [1.165, 1.54) is 0 Å². The van der Waals surface area contributed by atoms with Crippen LogP contribution in [-0.4, -0.2) is 70.3 Å². The van der Waals surface area contributed by atoms with Crippen LogP contribution in [0.2, 0.25) is 0 Å². The lowest BCUT2D eigenvalue weighted by atomic mass is 9.80. The van der Waals surface area contributed by atoms with E-state index in [1.807, 2.05) is 0 Å². The molecule has 1 N–H and O–H groups in total. The Morgan fingerprint density at radius 1 is 0.579 bits per heavy atom. The molecule has 0 heterocycles. The number of hydrogen-bond acceptors (Lipinski definition) is 3. The Labute approximate surface area is 199 Å². The highest BCUT2D eigenvalue weighted by molar-refractivity contribution is 5.90. The van der Waals surface area contributed by atoms with E-state index >= 15 is 0 Å². The van der Waals surface area contributed by atoms with Crippen molar-refractivity contribution in [1.82, 2.24) is 0 Å². The maximum atomic E-state index is 14.1. The van der Waals surface area contributed by atoms with Gasteiger partial charge in [0.05, 0.1) is 0 Å². The van der Waals surface area contributed by atoms with Crippen LogP contribution < -0.4 is 0 Å². The fourth-order valence-electron chi connectivity index (χ4n) is 2.20. The molecule has 0 rings (SSSR count). The molecular formula is C17H13F17O4. The largest absolute Gasteiger partial charge is 0.478 e. The van der Waals surface area contributed by atoms with Gasteiger partial charge in [0.15, 0.2) is 5.67 Å². The average molecular weight is 604 g/mol.